The molecule has 0 saturated heterocycles. The molecule has 0 atom stereocenters. The number of fused-ring (bicyclic) bond motifs is 1. The largest absolute Gasteiger partial charge is 0.380 e. The molecule has 0 unspecified atom stereocenters. The van der Waals surface area contributed by atoms with Gasteiger partial charge in [-0.1, -0.05) is 17.7 Å². The van der Waals surface area contributed by atoms with Gasteiger partial charge in [-0.15, -0.1) is 11.3 Å². The second-order valence-electron chi connectivity index (χ2n) is 6.58. The Morgan fingerprint density at radius 2 is 1.79 bits per heavy atom. The van der Waals surface area contributed by atoms with Gasteiger partial charge in [-0.25, -0.2) is 13.8 Å². The van der Waals surface area contributed by atoms with Crippen LogP contribution in [0.2, 0.25) is 0 Å². The monoisotopic (exact) mass is 428 g/mol. The van der Waals surface area contributed by atoms with Crippen molar-refractivity contribution in [3.8, 4) is 16.9 Å². The van der Waals surface area contributed by atoms with E-state index in [1.54, 1.807) is 13.8 Å². The first-order chi connectivity index (χ1) is 13.0. The van der Waals surface area contributed by atoms with Crippen LogP contribution in [0.1, 0.15) is 16.7 Å². The zero-order valence-electron chi connectivity index (χ0n) is 15.6. The first-order valence-electron chi connectivity index (χ1n) is 8.25. The van der Waals surface area contributed by atoms with Gasteiger partial charge in [-0.05, 0) is 37.5 Å². The SMILES string of the molecule is Cc1cc(C)c(-c2c(OS(C)(=O)=O)c3scnc3n(CC(F)F)c2=O)c(C)c1. The highest BCUT2D eigenvalue weighted by molar-refractivity contribution is 7.86. The normalized spacial score (nSPS) is 12.1. The molecule has 0 amide bonds. The Hall–Kier alpha value is -2.33. The van der Waals surface area contributed by atoms with Crippen LogP contribution in [0, 0.1) is 20.8 Å². The third-order valence-electron chi connectivity index (χ3n) is 4.18. The molecule has 0 aliphatic carbocycles. The van der Waals surface area contributed by atoms with Gasteiger partial charge in [0, 0.05) is 0 Å². The Morgan fingerprint density at radius 3 is 2.32 bits per heavy atom. The molecule has 0 aliphatic heterocycles. The lowest BCUT2D eigenvalue weighted by molar-refractivity contribution is 0.126. The molecule has 3 aromatic rings. The molecule has 2 aromatic heterocycles. The zero-order chi connectivity index (χ0) is 20.8. The molecule has 0 spiro atoms. The third-order valence-corrected chi connectivity index (χ3v) is 5.46. The number of halogens is 2. The number of benzene rings is 1. The van der Waals surface area contributed by atoms with Gasteiger partial charge in [0.25, 0.3) is 12.0 Å². The summed E-state index contributed by atoms with van der Waals surface area (Å²) in [6, 6.07) is 3.67. The maximum Gasteiger partial charge on any atom is 0.306 e. The molecule has 0 fully saturated rings. The standard InChI is InChI=1S/C18H18F2N2O4S2/c1-9-5-10(2)13(11(3)6-9)14-15(26-28(4,24)25)16-17(21-8-27-16)22(18(14)23)7-12(19)20/h5-6,8,12H,7H2,1-4H3. The first kappa shape index (κ1) is 20.4. The summed E-state index contributed by atoms with van der Waals surface area (Å²) in [5.41, 5.74) is 3.34. The van der Waals surface area contributed by atoms with Crippen molar-refractivity contribution in [3.05, 3.63) is 44.7 Å². The summed E-state index contributed by atoms with van der Waals surface area (Å²) in [4.78, 5) is 17.2. The highest BCUT2D eigenvalue weighted by Gasteiger charge is 2.27. The van der Waals surface area contributed by atoms with Crippen molar-refractivity contribution < 1.29 is 21.4 Å². The Bertz CT molecular complexity index is 1210. The van der Waals surface area contributed by atoms with Crippen molar-refractivity contribution in [2.24, 2.45) is 0 Å². The number of hydrogen-bond donors (Lipinski definition) is 0. The van der Waals surface area contributed by atoms with Gasteiger partial charge in [0.15, 0.2) is 11.4 Å². The average Bonchev–Trinajstić information content (AvgIpc) is 3.01. The Balaban J connectivity index is 2.52. The van der Waals surface area contributed by atoms with Crippen molar-refractivity contribution in [2.75, 3.05) is 6.26 Å². The van der Waals surface area contributed by atoms with Gasteiger partial charge in [-0.2, -0.15) is 8.42 Å². The fourth-order valence-corrected chi connectivity index (χ4v) is 4.66. The number of thiazole rings is 1. The predicted molar refractivity (Wildman–Crippen MR) is 105 cm³/mol. The second-order valence-corrected chi connectivity index (χ2v) is 9.01. The maximum atomic E-state index is 13.2. The van der Waals surface area contributed by atoms with E-state index in [0.29, 0.717) is 16.7 Å². The van der Waals surface area contributed by atoms with E-state index in [-0.39, 0.29) is 21.7 Å². The van der Waals surface area contributed by atoms with Crippen molar-refractivity contribution in [1.29, 1.82) is 0 Å². The zero-order valence-corrected chi connectivity index (χ0v) is 17.2. The molecule has 0 aliphatic rings. The second kappa shape index (κ2) is 7.25. The summed E-state index contributed by atoms with van der Waals surface area (Å²) in [7, 11) is -3.98. The van der Waals surface area contributed by atoms with Gasteiger partial charge in [0.2, 0.25) is 0 Å². The minimum atomic E-state index is -3.98. The molecule has 3 rings (SSSR count). The van der Waals surface area contributed by atoms with Crippen LogP contribution in [0.3, 0.4) is 0 Å². The molecule has 6 nitrogen and oxygen atoms in total. The number of aromatic nitrogens is 2. The van der Waals surface area contributed by atoms with E-state index >= 15 is 0 Å². The fourth-order valence-electron chi connectivity index (χ4n) is 3.36. The van der Waals surface area contributed by atoms with E-state index in [0.717, 1.165) is 27.7 Å². The molecule has 150 valence electrons. The van der Waals surface area contributed by atoms with Crippen LogP contribution >= 0.6 is 11.3 Å². The summed E-state index contributed by atoms with van der Waals surface area (Å²) >= 11 is 1.02. The number of pyridine rings is 1. The van der Waals surface area contributed by atoms with E-state index in [9.17, 15) is 22.0 Å². The first-order valence-corrected chi connectivity index (χ1v) is 10.9. The number of hydrogen-bond acceptors (Lipinski definition) is 6. The minimum Gasteiger partial charge on any atom is -0.380 e. The number of aryl methyl sites for hydroxylation is 3. The molecule has 1 aromatic carbocycles. The number of alkyl halides is 2. The summed E-state index contributed by atoms with van der Waals surface area (Å²) < 4.78 is 56.3. The quantitative estimate of drug-likeness (QED) is 0.580. The smallest absolute Gasteiger partial charge is 0.306 e. The van der Waals surface area contributed by atoms with E-state index in [2.05, 4.69) is 4.98 Å². The van der Waals surface area contributed by atoms with Crippen LogP contribution in [-0.2, 0) is 16.7 Å². The van der Waals surface area contributed by atoms with E-state index < -0.39 is 28.6 Å². The van der Waals surface area contributed by atoms with Crippen molar-refractivity contribution in [3.63, 3.8) is 0 Å². The van der Waals surface area contributed by atoms with Crippen LogP contribution in [0.15, 0.2) is 22.4 Å². The Kier molecular flexibility index (Phi) is 5.28. The topological polar surface area (TPSA) is 78.3 Å². The number of rotatable bonds is 5. The molecule has 0 saturated carbocycles. The minimum absolute atomic E-state index is 0.0277. The fraction of sp³-hybridized carbons (Fsp3) is 0.333. The van der Waals surface area contributed by atoms with E-state index in [4.69, 9.17) is 4.18 Å². The Labute approximate surface area is 164 Å². The van der Waals surface area contributed by atoms with Crippen molar-refractivity contribution in [2.45, 2.75) is 33.7 Å². The molecule has 0 N–H and O–H groups in total. The molecule has 28 heavy (non-hydrogen) atoms. The van der Waals surface area contributed by atoms with Crippen LogP contribution in [0.4, 0.5) is 8.78 Å². The summed E-state index contributed by atoms with van der Waals surface area (Å²) in [6.45, 7) is 4.58. The van der Waals surface area contributed by atoms with Crippen LogP contribution in [-0.4, -0.2) is 30.7 Å². The molecule has 10 heteroatoms. The predicted octanol–water partition coefficient (Wildman–Crippen LogP) is 3.65. The van der Waals surface area contributed by atoms with Crippen LogP contribution in [0.5, 0.6) is 5.75 Å². The van der Waals surface area contributed by atoms with Gasteiger partial charge in [0.05, 0.1) is 23.9 Å². The van der Waals surface area contributed by atoms with Gasteiger partial charge < -0.3 is 4.18 Å². The lowest BCUT2D eigenvalue weighted by Gasteiger charge is -2.18. The average molecular weight is 428 g/mol. The summed E-state index contributed by atoms with van der Waals surface area (Å²) in [5.74, 6) is -0.175. The van der Waals surface area contributed by atoms with Crippen molar-refractivity contribution in [1.82, 2.24) is 9.55 Å². The lowest BCUT2D eigenvalue weighted by Crippen LogP contribution is -2.27. The number of nitrogens with zero attached hydrogens (tertiary/aromatic N) is 2. The maximum absolute atomic E-state index is 13.2. The molecule has 2 heterocycles. The molecule has 0 radical (unpaired) electrons. The molecular weight excluding hydrogens is 410 g/mol. The molecular formula is C18H18F2N2O4S2. The van der Waals surface area contributed by atoms with Crippen LogP contribution in [0.25, 0.3) is 21.5 Å². The van der Waals surface area contributed by atoms with Gasteiger partial charge in [0.1, 0.15) is 4.70 Å². The van der Waals surface area contributed by atoms with Crippen molar-refractivity contribution >= 4 is 31.8 Å². The van der Waals surface area contributed by atoms with E-state index in [1.165, 1.54) is 5.51 Å². The highest BCUT2D eigenvalue weighted by Crippen LogP contribution is 2.39. The summed E-state index contributed by atoms with van der Waals surface area (Å²) in [6.07, 6.45) is -1.92. The third kappa shape index (κ3) is 3.79. The molecule has 0 bridgehead atoms. The van der Waals surface area contributed by atoms with Crippen LogP contribution < -0.4 is 9.74 Å². The Morgan fingerprint density at radius 1 is 1.18 bits per heavy atom. The lowest BCUT2D eigenvalue weighted by atomic mass is 9.94. The van der Waals surface area contributed by atoms with Gasteiger partial charge in [-0.3, -0.25) is 9.36 Å². The summed E-state index contributed by atoms with van der Waals surface area (Å²) in [5, 5.41) is 0. The van der Waals surface area contributed by atoms with Gasteiger partial charge >= 0.3 is 10.1 Å². The highest BCUT2D eigenvalue weighted by atomic mass is 32.2. The van der Waals surface area contributed by atoms with E-state index in [1.807, 2.05) is 19.1 Å².